The monoisotopic (exact) mass is 396 g/mol. The summed E-state index contributed by atoms with van der Waals surface area (Å²) >= 11 is 0. The fourth-order valence-corrected chi connectivity index (χ4v) is 3.83. The van der Waals surface area contributed by atoms with Gasteiger partial charge >= 0.3 is 0 Å². The number of likely N-dealkylation sites (tertiary alicyclic amines) is 1. The second kappa shape index (κ2) is 10.9. The Balaban J connectivity index is 1.53. The lowest BCUT2D eigenvalue weighted by atomic mass is 9.97. The Morgan fingerprint density at radius 1 is 1.07 bits per heavy atom. The van der Waals surface area contributed by atoms with Crippen molar-refractivity contribution in [2.24, 2.45) is 5.92 Å². The van der Waals surface area contributed by atoms with Crippen molar-refractivity contribution in [1.29, 1.82) is 0 Å². The van der Waals surface area contributed by atoms with E-state index in [0.29, 0.717) is 42.7 Å². The Bertz CT molecular complexity index is 779. The Morgan fingerprint density at radius 2 is 1.83 bits per heavy atom. The smallest absolute Gasteiger partial charge is 0.251 e. The molecule has 1 saturated heterocycles. The number of nitrogens with zero attached hydrogens (tertiary/aromatic N) is 1. The molecule has 0 bridgehead atoms. The molecule has 156 valence electrons. The van der Waals surface area contributed by atoms with Gasteiger partial charge in [-0.1, -0.05) is 30.3 Å². The third kappa shape index (κ3) is 6.23. The molecule has 5 heteroatoms. The summed E-state index contributed by atoms with van der Waals surface area (Å²) in [7, 11) is 0. The molecule has 2 aromatic carbocycles. The van der Waals surface area contributed by atoms with Crippen LogP contribution < -0.4 is 14.8 Å². The summed E-state index contributed by atoms with van der Waals surface area (Å²) in [6.07, 6.45) is 2.32. The number of benzene rings is 2. The predicted octanol–water partition coefficient (Wildman–Crippen LogP) is 4.13. The highest BCUT2D eigenvalue weighted by molar-refractivity contribution is 5.94. The maximum atomic E-state index is 12.7. The number of nitrogens with one attached hydrogen (secondary N) is 1. The Kier molecular flexibility index (Phi) is 7.94. The van der Waals surface area contributed by atoms with E-state index < -0.39 is 0 Å². The second-order valence-corrected chi connectivity index (χ2v) is 7.47. The average molecular weight is 397 g/mol. The van der Waals surface area contributed by atoms with E-state index in [1.165, 1.54) is 12.0 Å². The topological polar surface area (TPSA) is 50.8 Å². The van der Waals surface area contributed by atoms with E-state index in [1.807, 2.05) is 19.9 Å². The van der Waals surface area contributed by atoms with Crippen LogP contribution in [0.15, 0.2) is 48.5 Å². The van der Waals surface area contributed by atoms with Crippen molar-refractivity contribution in [3.63, 3.8) is 0 Å². The molecule has 1 amide bonds. The normalized spacial score (nSPS) is 17.0. The standard InChI is InChI=1S/C24H32N2O3/c1-3-28-22-13-12-21(15-23(22)29-4-2)24(27)25-16-20-11-8-14-26(18-20)17-19-9-6-5-7-10-19/h5-7,9-10,12-13,15,20H,3-4,8,11,14,16-18H2,1-2H3,(H,25,27). The first-order valence-electron chi connectivity index (χ1n) is 10.6. The first-order valence-corrected chi connectivity index (χ1v) is 10.6. The zero-order chi connectivity index (χ0) is 20.5. The van der Waals surface area contributed by atoms with Gasteiger partial charge in [0, 0.05) is 25.2 Å². The number of ether oxygens (including phenoxy) is 2. The first kappa shape index (κ1) is 21.2. The van der Waals surface area contributed by atoms with Gasteiger partial charge < -0.3 is 14.8 Å². The van der Waals surface area contributed by atoms with E-state index in [2.05, 4.69) is 40.5 Å². The van der Waals surface area contributed by atoms with Crippen LogP contribution in [0.4, 0.5) is 0 Å². The molecule has 1 aliphatic rings. The van der Waals surface area contributed by atoms with Crippen molar-refractivity contribution in [1.82, 2.24) is 10.2 Å². The van der Waals surface area contributed by atoms with Gasteiger partial charge in [0.1, 0.15) is 0 Å². The molecule has 1 aliphatic heterocycles. The molecular formula is C24H32N2O3. The number of amides is 1. The molecule has 0 aromatic heterocycles. The highest BCUT2D eigenvalue weighted by atomic mass is 16.5. The molecule has 1 atom stereocenters. The molecule has 1 unspecified atom stereocenters. The fourth-order valence-electron chi connectivity index (χ4n) is 3.83. The first-order chi connectivity index (χ1) is 14.2. The van der Waals surface area contributed by atoms with Gasteiger partial charge in [-0.2, -0.15) is 0 Å². The second-order valence-electron chi connectivity index (χ2n) is 7.47. The van der Waals surface area contributed by atoms with Crippen LogP contribution in [0.5, 0.6) is 11.5 Å². The summed E-state index contributed by atoms with van der Waals surface area (Å²) in [5, 5.41) is 3.11. The van der Waals surface area contributed by atoms with Crippen molar-refractivity contribution in [2.75, 3.05) is 32.8 Å². The Labute approximate surface area is 174 Å². The van der Waals surface area contributed by atoms with Crippen molar-refractivity contribution in [3.8, 4) is 11.5 Å². The lowest BCUT2D eigenvalue weighted by Gasteiger charge is -2.32. The lowest BCUT2D eigenvalue weighted by molar-refractivity contribution is 0.0930. The summed E-state index contributed by atoms with van der Waals surface area (Å²) < 4.78 is 11.2. The minimum absolute atomic E-state index is 0.0609. The number of carbonyl (C=O) groups is 1. The Hall–Kier alpha value is -2.53. The summed E-state index contributed by atoms with van der Waals surface area (Å²) in [6, 6.07) is 16.0. The predicted molar refractivity (Wildman–Crippen MR) is 116 cm³/mol. The molecule has 2 aromatic rings. The maximum Gasteiger partial charge on any atom is 0.251 e. The summed E-state index contributed by atoms with van der Waals surface area (Å²) in [6.45, 7) is 8.76. The van der Waals surface area contributed by atoms with Crippen molar-refractivity contribution in [2.45, 2.75) is 33.2 Å². The summed E-state index contributed by atoms with van der Waals surface area (Å²) in [4.78, 5) is 15.2. The molecular weight excluding hydrogens is 364 g/mol. The number of rotatable bonds is 9. The molecule has 1 N–H and O–H groups in total. The maximum absolute atomic E-state index is 12.7. The minimum atomic E-state index is -0.0609. The van der Waals surface area contributed by atoms with Crippen LogP contribution >= 0.6 is 0 Å². The molecule has 29 heavy (non-hydrogen) atoms. The van der Waals surface area contributed by atoms with Gasteiger partial charge in [0.05, 0.1) is 13.2 Å². The van der Waals surface area contributed by atoms with Gasteiger partial charge in [-0.05, 0) is 62.9 Å². The van der Waals surface area contributed by atoms with Gasteiger partial charge in [0.2, 0.25) is 0 Å². The highest BCUT2D eigenvalue weighted by Gasteiger charge is 2.21. The van der Waals surface area contributed by atoms with E-state index >= 15 is 0 Å². The molecule has 5 nitrogen and oxygen atoms in total. The molecule has 0 radical (unpaired) electrons. The van der Waals surface area contributed by atoms with E-state index in [4.69, 9.17) is 9.47 Å². The molecule has 1 fully saturated rings. The lowest BCUT2D eigenvalue weighted by Crippen LogP contribution is -2.40. The van der Waals surface area contributed by atoms with Crippen LogP contribution in [-0.2, 0) is 6.54 Å². The van der Waals surface area contributed by atoms with E-state index in [1.54, 1.807) is 12.1 Å². The molecule has 3 rings (SSSR count). The van der Waals surface area contributed by atoms with E-state index in [0.717, 1.165) is 26.1 Å². The summed E-state index contributed by atoms with van der Waals surface area (Å²) in [5.74, 6) is 1.71. The highest BCUT2D eigenvalue weighted by Crippen LogP contribution is 2.28. The van der Waals surface area contributed by atoms with Crippen LogP contribution in [0.3, 0.4) is 0 Å². The van der Waals surface area contributed by atoms with Crippen LogP contribution in [0.1, 0.15) is 42.6 Å². The third-order valence-corrected chi connectivity index (χ3v) is 5.21. The Morgan fingerprint density at radius 3 is 2.59 bits per heavy atom. The van der Waals surface area contributed by atoms with Gasteiger partial charge in [-0.25, -0.2) is 0 Å². The van der Waals surface area contributed by atoms with Crippen LogP contribution in [0.25, 0.3) is 0 Å². The van der Waals surface area contributed by atoms with Crippen molar-refractivity contribution < 1.29 is 14.3 Å². The van der Waals surface area contributed by atoms with Gasteiger partial charge in [-0.3, -0.25) is 9.69 Å². The number of hydrogen-bond donors (Lipinski definition) is 1. The van der Waals surface area contributed by atoms with Gasteiger partial charge in [0.25, 0.3) is 5.91 Å². The minimum Gasteiger partial charge on any atom is -0.490 e. The fraction of sp³-hybridized carbons (Fsp3) is 0.458. The quantitative estimate of drug-likeness (QED) is 0.693. The van der Waals surface area contributed by atoms with Crippen molar-refractivity contribution >= 4 is 5.91 Å². The average Bonchev–Trinajstić information content (AvgIpc) is 2.74. The number of carbonyl (C=O) groups excluding carboxylic acids is 1. The van der Waals surface area contributed by atoms with Crippen LogP contribution in [0.2, 0.25) is 0 Å². The van der Waals surface area contributed by atoms with E-state index in [9.17, 15) is 4.79 Å². The number of piperidine rings is 1. The molecule has 0 saturated carbocycles. The number of hydrogen-bond acceptors (Lipinski definition) is 4. The van der Waals surface area contributed by atoms with Crippen molar-refractivity contribution in [3.05, 3.63) is 59.7 Å². The zero-order valence-corrected chi connectivity index (χ0v) is 17.5. The SMILES string of the molecule is CCOc1ccc(C(=O)NCC2CCCN(Cc3ccccc3)C2)cc1OCC. The molecule has 1 heterocycles. The largest absolute Gasteiger partial charge is 0.490 e. The summed E-state index contributed by atoms with van der Waals surface area (Å²) in [5.41, 5.74) is 1.95. The van der Waals surface area contributed by atoms with Gasteiger partial charge in [-0.15, -0.1) is 0 Å². The van der Waals surface area contributed by atoms with Crippen LogP contribution in [0, 0.1) is 5.92 Å². The van der Waals surface area contributed by atoms with E-state index in [-0.39, 0.29) is 5.91 Å². The molecule has 0 spiro atoms. The zero-order valence-electron chi connectivity index (χ0n) is 17.5. The third-order valence-electron chi connectivity index (χ3n) is 5.21. The van der Waals surface area contributed by atoms with Gasteiger partial charge in [0.15, 0.2) is 11.5 Å². The van der Waals surface area contributed by atoms with Crippen LogP contribution in [-0.4, -0.2) is 43.7 Å². The molecule has 0 aliphatic carbocycles.